The molecule has 0 aromatic rings. The van der Waals surface area contributed by atoms with Gasteiger partial charge in [-0.05, 0) is 76.3 Å². The molecule has 0 bridgehead atoms. The lowest BCUT2D eigenvalue weighted by molar-refractivity contribution is -0.153. The smallest absolute Gasteiger partial charge is 0.309 e. The van der Waals surface area contributed by atoms with Crippen LogP contribution in [0.15, 0.2) is 0 Å². The molecule has 1 saturated carbocycles. The van der Waals surface area contributed by atoms with Gasteiger partial charge < -0.3 is 10.4 Å². The van der Waals surface area contributed by atoms with Gasteiger partial charge in [0.1, 0.15) is 0 Å². The van der Waals surface area contributed by atoms with Crippen LogP contribution < -0.4 is 5.32 Å². The average molecular weight is 253 g/mol. The third-order valence-electron chi connectivity index (χ3n) is 5.83. The molecule has 1 aliphatic heterocycles. The minimum atomic E-state index is -0.601. The molecule has 1 unspecified atom stereocenters. The molecule has 0 aromatic carbocycles. The number of nitrogens with one attached hydrogen (secondary N) is 1. The zero-order chi connectivity index (χ0) is 13.2. The molecule has 1 heterocycles. The summed E-state index contributed by atoms with van der Waals surface area (Å²) >= 11 is 0. The normalized spacial score (nSPS) is 27.9. The highest BCUT2D eigenvalue weighted by molar-refractivity contribution is 5.74. The lowest BCUT2D eigenvalue weighted by Gasteiger charge is -2.46. The molecule has 3 heteroatoms. The first-order valence-corrected chi connectivity index (χ1v) is 7.46. The van der Waals surface area contributed by atoms with Gasteiger partial charge in [-0.2, -0.15) is 0 Å². The standard InChI is InChI=1S/C15H27NO2/c1-3-14(2,13(17)18)12-4-6-15(7-5-12)8-10-16-11-9-15/h12,16H,3-11H2,1-2H3,(H,17,18). The van der Waals surface area contributed by atoms with E-state index in [2.05, 4.69) is 5.32 Å². The summed E-state index contributed by atoms with van der Waals surface area (Å²) in [5, 5.41) is 12.9. The summed E-state index contributed by atoms with van der Waals surface area (Å²) in [5.74, 6) is -0.225. The Morgan fingerprint density at radius 1 is 1.28 bits per heavy atom. The molecule has 2 rings (SSSR count). The molecule has 0 amide bonds. The highest BCUT2D eigenvalue weighted by Crippen LogP contribution is 2.50. The van der Waals surface area contributed by atoms with Crippen LogP contribution in [-0.4, -0.2) is 24.2 Å². The molecule has 18 heavy (non-hydrogen) atoms. The number of rotatable bonds is 3. The van der Waals surface area contributed by atoms with E-state index in [-0.39, 0.29) is 0 Å². The van der Waals surface area contributed by atoms with Crippen molar-refractivity contribution >= 4 is 5.97 Å². The summed E-state index contributed by atoms with van der Waals surface area (Å²) < 4.78 is 0. The Morgan fingerprint density at radius 3 is 2.28 bits per heavy atom. The molecule has 1 aliphatic carbocycles. The first-order valence-electron chi connectivity index (χ1n) is 7.46. The minimum Gasteiger partial charge on any atom is -0.481 e. The summed E-state index contributed by atoms with van der Waals surface area (Å²) in [7, 11) is 0. The van der Waals surface area contributed by atoms with E-state index < -0.39 is 11.4 Å². The molecule has 2 fully saturated rings. The largest absolute Gasteiger partial charge is 0.481 e. The van der Waals surface area contributed by atoms with Crippen LogP contribution >= 0.6 is 0 Å². The fourth-order valence-electron chi connectivity index (χ4n) is 3.94. The average Bonchev–Trinajstić information content (AvgIpc) is 2.39. The van der Waals surface area contributed by atoms with E-state index >= 15 is 0 Å². The number of piperidine rings is 1. The summed E-state index contributed by atoms with van der Waals surface area (Å²) in [6, 6.07) is 0. The van der Waals surface area contributed by atoms with E-state index in [0.717, 1.165) is 32.4 Å². The zero-order valence-electron chi connectivity index (χ0n) is 11.8. The second-order valence-corrected chi connectivity index (χ2v) is 6.60. The maximum atomic E-state index is 11.5. The molecule has 104 valence electrons. The second-order valence-electron chi connectivity index (χ2n) is 6.60. The Labute approximate surface area is 110 Å². The Balaban J connectivity index is 1.99. The lowest BCUT2D eigenvalue weighted by Crippen LogP contribution is -2.43. The predicted octanol–water partition coefficient (Wildman–Crippen LogP) is 3.05. The van der Waals surface area contributed by atoms with Gasteiger partial charge in [0, 0.05) is 0 Å². The van der Waals surface area contributed by atoms with Crippen molar-refractivity contribution in [2.24, 2.45) is 16.7 Å². The molecular weight excluding hydrogens is 226 g/mol. The third-order valence-corrected chi connectivity index (χ3v) is 5.83. The van der Waals surface area contributed by atoms with Crippen LogP contribution in [-0.2, 0) is 4.79 Å². The van der Waals surface area contributed by atoms with Gasteiger partial charge in [-0.1, -0.05) is 6.92 Å². The fourth-order valence-corrected chi connectivity index (χ4v) is 3.94. The van der Waals surface area contributed by atoms with Crippen LogP contribution in [0.4, 0.5) is 0 Å². The predicted molar refractivity (Wildman–Crippen MR) is 72.5 cm³/mol. The Morgan fingerprint density at radius 2 is 1.83 bits per heavy atom. The van der Waals surface area contributed by atoms with Crippen LogP contribution in [0.2, 0.25) is 0 Å². The van der Waals surface area contributed by atoms with Crippen molar-refractivity contribution in [1.29, 1.82) is 0 Å². The quantitative estimate of drug-likeness (QED) is 0.812. The third kappa shape index (κ3) is 2.42. The van der Waals surface area contributed by atoms with E-state index in [4.69, 9.17) is 0 Å². The van der Waals surface area contributed by atoms with Gasteiger partial charge in [0.15, 0.2) is 0 Å². The van der Waals surface area contributed by atoms with Crippen LogP contribution in [0.3, 0.4) is 0 Å². The SMILES string of the molecule is CCC(C)(C(=O)O)C1CCC2(CCNCC2)CC1. The molecular formula is C15H27NO2. The Kier molecular flexibility index (Phi) is 4.00. The maximum Gasteiger partial charge on any atom is 0.309 e. The Hall–Kier alpha value is -0.570. The molecule has 2 N–H and O–H groups in total. The molecule has 1 spiro atoms. The number of hydrogen-bond donors (Lipinski definition) is 2. The number of carboxylic acid groups (broad SMARTS) is 1. The number of hydrogen-bond acceptors (Lipinski definition) is 2. The highest BCUT2D eigenvalue weighted by atomic mass is 16.4. The first kappa shape index (κ1) is 13.9. The van der Waals surface area contributed by atoms with Crippen molar-refractivity contribution in [3.8, 4) is 0 Å². The van der Waals surface area contributed by atoms with Crippen molar-refractivity contribution in [1.82, 2.24) is 5.32 Å². The molecule has 1 atom stereocenters. The van der Waals surface area contributed by atoms with Crippen LogP contribution in [0.1, 0.15) is 58.8 Å². The van der Waals surface area contributed by atoms with Crippen molar-refractivity contribution < 1.29 is 9.90 Å². The van der Waals surface area contributed by atoms with Gasteiger partial charge in [-0.15, -0.1) is 0 Å². The molecule has 0 aromatic heterocycles. The van der Waals surface area contributed by atoms with Crippen molar-refractivity contribution in [3.05, 3.63) is 0 Å². The van der Waals surface area contributed by atoms with Gasteiger partial charge >= 0.3 is 5.97 Å². The summed E-state index contributed by atoms with van der Waals surface area (Å²) in [6.07, 6.45) is 8.02. The van der Waals surface area contributed by atoms with Crippen LogP contribution in [0.5, 0.6) is 0 Å². The first-order chi connectivity index (χ1) is 8.52. The van der Waals surface area contributed by atoms with Crippen molar-refractivity contribution in [2.75, 3.05) is 13.1 Å². The van der Waals surface area contributed by atoms with Gasteiger partial charge in [-0.25, -0.2) is 0 Å². The van der Waals surface area contributed by atoms with E-state index in [1.54, 1.807) is 0 Å². The Bertz CT molecular complexity index is 300. The monoisotopic (exact) mass is 253 g/mol. The minimum absolute atomic E-state index is 0.375. The maximum absolute atomic E-state index is 11.5. The topological polar surface area (TPSA) is 49.3 Å². The summed E-state index contributed by atoms with van der Waals surface area (Å²) in [5.41, 5.74) is 0.0312. The van der Waals surface area contributed by atoms with Gasteiger partial charge in [-0.3, -0.25) is 4.79 Å². The summed E-state index contributed by atoms with van der Waals surface area (Å²) in [6.45, 7) is 6.26. The van der Waals surface area contributed by atoms with Crippen molar-refractivity contribution in [3.63, 3.8) is 0 Å². The molecule has 3 nitrogen and oxygen atoms in total. The molecule has 0 radical (unpaired) electrons. The number of carboxylic acids is 1. The van der Waals surface area contributed by atoms with E-state index in [1.807, 2.05) is 13.8 Å². The lowest BCUT2D eigenvalue weighted by atomic mass is 9.60. The second kappa shape index (κ2) is 5.20. The van der Waals surface area contributed by atoms with E-state index in [9.17, 15) is 9.90 Å². The van der Waals surface area contributed by atoms with E-state index in [0.29, 0.717) is 11.3 Å². The highest BCUT2D eigenvalue weighted by Gasteiger charge is 2.45. The van der Waals surface area contributed by atoms with Gasteiger partial charge in [0.2, 0.25) is 0 Å². The fraction of sp³-hybridized carbons (Fsp3) is 0.933. The summed E-state index contributed by atoms with van der Waals surface area (Å²) in [4.78, 5) is 11.5. The van der Waals surface area contributed by atoms with Crippen LogP contribution in [0, 0.1) is 16.7 Å². The number of carbonyl (C=O) groups is 1. The molecule has 1 saturated heterocycles. The van der Waals surface area contributed by atoms with Crippen LogP contribution in [0.25, 0.3) is 0 Å². The van der Waals surface area contributed by atoms with Gasteiger partial charge in [0.05, 0.1) is 5.41 Å². The molecule has 2 aliphatic rings. The van der Waals surface area contributed by atoms with E-state index in [1.165, 1.54) is 25.7 Å². The van der Waals surface area contributed by atoms with Gasteiger partial charge in [0.25, 0.3) is 0 Å². The number of aliphatic carboxylic acids is 1. The van der Waals surface area contributed by atoms with Crippen molar-refractivity contribution in [2.45, 2.75) is 58.8 Å². The zero-order valence-corrected chi connectivity index (χ0v) is 11.8.